The Kier molecular flexibility index (Phi) is 3.42. The first-order valence-corrected chi connectivity index (χ1v) is 4.52. The van der Waals surface area contributed by atoms with Gasteiger partial charge in [0.05, 0.1) is 4.47 Å². The third kappa shape index (κ3) is 3.25. The summed E-state index contributed by atoms with van der Waals surface area (Å²) in [7, 11) is 0. The molecule has 0 radical (unpaired) electrons. The summed E-state index contributed by atoms with van der Waals surface area (Å²) in [6, 6.07) is 2.69. The molecule has 1 rings (SSSR count). The van der Waals surface area contributed by atoms with Crippen molar-refractivity contribution in [2.45, 2.75) is 6.36 Å². The Labute approximate surface area is 95.6 Å². The molecule has 0 saturated carbocycles. The molecule has 1 heterocycles. The summed E-state index contributed by atoms with van der Waals surface area (Å²) < 4.78 is 39.2. The first-order valence-electron chi connectivity index (χ1n) is 3.35. The van der Waals surface area contributed by atoms with E-state index in [-0.39, 0.29) is 15.2 Å². The molecule has 3 nitrogen and oxygen atoms in total. The number of hydrogen-bond donors (Lipinski definition) is 0. The summed E-state index contributed by atoms with van der Waals surface area (Å²) in [6.07, 6.45) is -4.89. The summed E-state index contributed by atoms with van der Waals surface area (Å²) >= 11 is 8.35. The van der Waals surface area contributed by atoms with Crippen LogP contribution in [0.15, 0.2) is 10.5 Å². The lowest BCUT2D eigenvalue weighted by Gasteiger charge is -2.09. The van der Waals surface area contributed by atoms with E-state index in [0.717, 1.165) is 6.07 Å². The van der Waals surface area contributed by atoms with Crippen LogP contribution >= 0.6 is 27.5 Å². The van der Waals surface area contributed by atoms with Crippen molar-refractivity contribution in [3.8, 4) is 11.9 Å². The number of nitriles is 1. The van der Waals surface area contributed by atoms with Crippen molar-refractivity contribution in [1.29, 1.82) is 5.26 Å². The fourth-order valence-electron chi connectivity index (χ4n) is 0.709. The van der Waals surface area contributed by atoms with Crippen LogP contribution in [0.1, 0.15) is 5.69 Å². The standard InChI is InChI=1S/C7HBrClF3N2O/c8-3-1-4(9)6(14-5(3)2-13)15-7(10,11)12/h1H. The Morgan fingerprint density at radius 1 is 1.53 bits per heavy atom. The average molecular weight is 301 g/mol. The highest BCUT2D eigenvalue weighted by Gasteiger charge is 2.33. The van der Waals surface area contributed by atoms with Gasteiger partial charge in [0, 0.05) is 0 Å². The molecule has 8 heteroatoms. The zero-order chi connectivity index (χ0) is 11.6. The lowest BCUT2D eigenvalue weighted by molar-refractivity contribution is -0.276. The van der Waals surface area contributed by atoms with Crippen LogP contribution in [0, 0.1) is 11.3 Å². The van der Waals surface area contributed by atoms with E-state index < -0.39 is 12.2 Å². The number of nitrogens with zero attached hydrogens (tertiary/aromatic N) is 2. The van der Waals surface area contributed by atoms with E-state index in [1.807, 2.05) is 0 Å². The van der Waals surface area contributed by atoms with Gasteiger partial charge in [-0.15, -0.1) is 13.2 Å². The van der Waals surface area contributed by atoms with Crippen LogP contribution in [0.2, 0.25) is 5.02 Å². The summed E-state index contributed by atoms with van der Waals surface area (Å²) in [5.41, 5.74) is -0.237. The first-order chi connectivity index (χ1) is 6.83. The largest absolute Gasteiger partial charge is 0.574 e. The topological polar surface area (TPSA) is 45.9 Å². The van der Waals surface area contributed by atoms with Gasteiger partial charge in [0.25, 0.3) is 0 Å². The lowest BCUT2D eigenvalue weighted by Crippen LogP contribution is -2.18. The molecule has 80 valence electrons. The minimum Gasteiger partial charge on any atom is -0.386 e. The highest BCUT2D eigenvalue weighted by Crippen LogP contribution is 2.31. The number of rotatable bonds is 1. The molecule has 15 heavy (non-hydrogen) atoms. The van der Waals surface area contributed by atoms with Gasteiger partial charge >= 0.3 is 6.36 Å². The Hall–Kier alpha value is -1.00. The number of aromatic nitrogens is 1. The maximum atomic E-state index is 11.8. The molecule has 0 aliphatic carbocycles. The van der Waals surface area contributed by atoms with Gasteiger partial charge in [-0.2, -0.15) is 10.2 Å². The van der Waals surface area contributed by atoms with Crippen molar-refractivity contribution in [3.05, 3.63) is 21.3 Å². The monoisotopic (exact) mass is 300 g/mol. The maximum Gasteiger partial charge on any atom is 0.574 e. The Balaban J connectivity index is 3.15. The quantitative estimate of drug-likeness (QED) is 0.800. The molecule has 1 aromatic heterocycles. The SMILES string of the molecule is N#Cc1nc(OC(F)(F)F)c(Cl)cc1Br. The molecule has 0 atom stereocenters. The first kappa shape index (κ1) is 12.1. The number of halogens is 5. The predicted octanol–water partition coefficient (Wildman–Crippen LogP) is 3.27. The molecule has 0 N–H and O–H groups in total. The number of alkyl halides is 3. The normalized spacial score (nSPS) is 10.9. The van der Waals surface area contributed by atoms with Crippen LogP contribution in [0.3, 0.4) is 0 Å². The van der Waals surface area contributed by atoms with Crippen molar-refractivity contribution < 1.29 is 17.9 Å². The Bertz CT molecular complexity index is 429. The molecular formula is C7HBrClF3N2O. The molecular weight excluding hydrogens is 300 g/mol. The molecule has 0 aliphatic heterocycles. The van der Waals surface area contributed by atoms with E-state index in [2.05, 4.69) is 25.7 Å². The fourth-order valence-corrected chi connectivity index (χ4v) is 1.44. The second kappa shape index (κ2) is 4.24. The van der Waals surface area contributed by atoms with E-state index in [4.69, 9.17) is 16.9 Å². The van der Waals surface area contributed by atoms with Gasteiger partial charge in [0.15, 0.2) is 5.69 Å². The highest BCUT2D eigenvalue weighted by atomic mass is 79.9. The van der Waals surface area contributed by atoms with Crippen molar-refractivity contribution >= 4 is 27.5 Å². The maximum absolute atomic E-state index is 11.8. The third-order valence-corrected chi connectivity index (χ3v) is 2.09. The van der Waals surface area contributed by atoms with Gasteiger partial charge in [-0.05, 0) is 22.0 Å². The van der Waals surface area contributed by atoms with Gasteiger partial charge < -0.3 is 4.74 Å². The zero-order valence-corrected chi connectivity index (χ0v) is 9.11. The average Bonchev–Trinajstić information content (AvgIpc) is 2.07. The highest BCUT2D eigenvalue weighted by molar-refractivity contribution is 9.10. The number of hydrogen-bond acceptors (Lipinski definition) is 3. The van der Waals surface area contributed by atoms with Gasteiger partial charge in [-0.1, -0.05) is 11.6 Å². The smallest absolute Gasteiger partial charge is 0.386 e. The summed E-state index contributed by atoms with van der Waals surface area (Å²) in [4.78, 5) is 3.29. The van der Waals surface area contributed by atoms with Crippen molar-refractivity contribution in [2.24, 2.45) is 0 Å². The molecule has 0 aliphatic rings. The molecule has 0 aromatic carbocycles. The lowest BCUT2D eigenvalue weighted by atomic mass is 10.4. The second-order valence-electron chi connectivity index (χ2n) is 2.27. The summed E-state index contributed by atoms with van der Waals surface area (Å²) in [5, 5.41) is 8.17. The van der Waals surface area contributed by atoms with Crippen molar-refractivity contribution in [1.82, 2.24) is 4.98 Å². The molecule has 0 fully saturated rings. The molecule has 1 aromatic rings. The van der Waals surface area contributed by atoms with E-state index >= 15 is 0 Å². The second-order valence-corrected chi connectivity index (χ2v) is 3.53. The minimum absolute atomic E-state index is 0.199. The van der Waals surface area contributed by atoms with Crippen LogP contribution in [0.5, 0.6) is 5.88 Å². The van der Waals surface area contributed by atoms with E-state index in [1.54, 1.807) is 6.07 Å². The van der Waals surface area contributed by atoms with Crippen LogP contribution in [-0.2, 0) is 0 Å². The van der Waals surface area contributed by atoms with E-state index in [9.17, 15) is 13.2 Å². The summed E-state index contributed by atoms with van der Waals surface area (Å²) in [6.45, 7) is 0. The molecule has 0 saturated heterocycles. The van der Waals surface area contributed by atoms with E-state index in [0.29, 0.717) is 0 Å². The molecule has 0 unspecified atom stereocenters. The van der Waals surface area contributed by atoms with Crippen LogP contribution in [0.4, 0.5) is 13.2 Å². The minimum atomic E-state index is -4.89. The van der Waals surface area contributed by atoms with Gasteiger partial charge in [0.2, 0.25) is 5.88 Å². The molecule has 0 spiro atoms. The zero-order valence-electron chi connectivity index (χ0n) is 6.77. The van der Waals surface area contributed by atoms with Gasteiger partial charge in [-0.3, -0.25) is 0 Å². The van der Waals surface area contributed by atoms with Gasteiger partial charge in [0.1, 0.15) is 11.1 Å². The van der Waals surface area contributed by atoms with Crippen LogP contribution in [-0.4, -0.2) is 11.3 Å². The number of pyridine rings is 1. The Morgan fingerprint density at radius 2 is 2.13 bits per heavy atom. The third-order valence-electron chi connectivity index (χ3n) is 1.22. The van der Waals surface area contributed by atoms with Crippen molar-refractivity contribution in [3.63, 3.8) is 0 Å². The fraction of sp³-hybridized carbons (Fsp3) is 0.143. The van der Waals surface area contributed by atoms with E-state index in [1.165, 1.54) is 0 Å². The summed E-state index contributed by atoms with van der Waals surface area (Å²) in [5.74, 6) is -0.844. The van der Waals surface area contributed by atoms with Crippen LogP contribution in [0.25, 0.3) is 0 Å². The molecule has 0 bridgehead atoms. The molecule has 0 amide bonds. The van der Waals surface area contributed by atoms with Crippen molar-refractivity contribution in [2.75, 3.05) is 0 Å². The van der Waals surface area contributed by atoms with Gasteiger partial charge in [-0.25, -0.2) is 0 Å². The Morgan fingerprint density at radius 3 is 2.60 bits per heavy atom. The predicted molar refractivity (Wildman–Crippen MR) is 48.3 cm³/mol. The van der Waals surface area contributed by atoms with Crippen LogP contribution < -0.4 is 4.74 Å². The number of ether oxygens (including phenoxy) is 1.